The first-order chi connectivity index (χ1) is 7.65. The van der Waals surface area contributed by atoms with Crippen LogP contribution in [0.5, 0.6) is 0 Å². The Kier molecular flexibility index (Phi) is 2.94. The molecule has 1 aliphatic heterocycles. The van der Waals surface area contributed by atoms with E-state index in [1.54, 1.807) is 6.20 Å². The molecule has 1 atom stereocenters. The van der Waals surface area contributed by atoms with Crippen molar-refractivity contribution in [1.82, 2.24) is 10.3 Å². The van der Waals surface area contributed by atoms with Crippen molar-refractivity contribution in [2.75, 3.05) is 18.0 Å². The zero-order valence-corrected chi connectivity index (χ0v) is 9.18. The molecule has 16 heavy (non-hydrogen) atoms. The second kappa shape index (κ2) is 4.38. The van der Waals surface area contributed by atoms with E-state index >= 15 is 0 Å². The zero-order chi connectivity index (χ0) is 11.5. The van der Waals surface area contributed by atoms with E-state index < -0.39 is 6.09 Å². The molecule has 1 amide bonds. The minimum absolute atomic E-state index is 0.0137. The third-order valence-electron chi connectivity index (χ3n) is 2.74. The highest BCUT2D eigenvalue weighted by molar-refractivity contribution is 5.65. The smallest absolute Gasteiger partial charge is 0.404 e. The van der Waals surface area contributed by atoms with Crippen LogP contribution in [0.4, 0.5) is 10.6 Å². The number of aromatic nitrogens is 1. The molecule has 5 heteroatoms. The van der Waals surface area contributed by atoms with Gasteiger partial charge in [0.05, 0.1) is 6.04 Å². The van der Waals surface area contributed by atoms with Gasteiger partial charge in [0, 0.05) is 19.3 Å². The molecule has 0 radical (unpaired) electrons. The van der Waals surface area contributed by atoms with Gasteiger partial charge in [0.15, 0.2) is 0 Å². The lowest BCUT2D eigenvalue weighted by Gasteiger charge is -2.17. The van der Waals surface area contributed by atoms with Crippen LogP contribution < -0.4 is 10.2 Å². The average molecular weight is 221 g/mol. The molecule has 2 N–H and O–H groups in total. The molecular formula is C11H15N3O2. The zero-order valence-electron chi connectivity index (χ0n) is 9.18. The molecule has 0 saturated carbocycles. The summed E-state index contributed by atoms with van der Waals surface area (Å²) in [5, 5.41) is 11.1. The van der Waals surface area contributed by atoms with Gasteiger partial charge in [0.1, 0.15) is 5.82 Å². The molecule has 1 aromatic heterocycles. The third kappa shape index (κ3) is 2.42. The van der Waals surface area contributed by atoms with Crippen molar-refractivity contribution < 1.29 is 9.90 Å². The Labute approximate surface area is 94.1 Å². The maximum absolute atomic E-state index is 10.5. The molecule has 5 nitrogen and oxygen atoms in total. The van der Waals surface area contributed by atoms with E-state index in [0.717, 1.165) is 18.8 Å². The van der Waals surface area contributed by atoms with E-state index in [1.807, 2.05) is 19.1 Å². The van der Waals surface area contributed by atoms with Gasteiger partial charge in [-0.2, -0.15) is 0 Å². The van der Waals surface area contributed by atoms with Crippen LogP contribution >= 0.6 is 0 Å². The van der Waals surface area contributed by atoms with E-state index in [-0.39, 0.29) is 6.04 Å². The summed E-state index contributed by atoms with van der Waals surface area (Å²) >= 11 is 0. The molecule has 86 valence electrons. The Morgan fingerprint density at radius 1 is 1.69 bits per heavy atom. The number of pyridine rings is 1. The topological polar surface area (TPSA) is 65.5 Å². The van der Waals surface area contributed by atoms with E-state index in [1.165, 1.54) is 5.56 Å². The minimum Gasteiger partial charge on any atom is -0.465 e. The standard InChI is InChI=1S/C11H15N3O2/c1-8-2-4-12-10(6-8)14-5-3-9(7-14)13-11(15)16/h2,4,6,9,13H,3,5,7H2,1H3,(H,15,16). The van der Waals surface area contributed by atoms with Gasteiger partial charge in [0.2, 0.25) is 0 Å². The molecule has 1 aromatic rings. The number of carboxylic acid groups (broad SMARTS) is 1. The quantitative estimate of drug-likeness (QED) is 0.788. The lowest BCUT2D eigenvalue weighted by atomic mass is 10.3. The Hall–Kier alpha value is -1.78. The molecule has 0 aliphatic carbocycles. The van der Waals surface area contributed by atoms with E-state index in [4.69, 9.17) is 5.11 Å². The van der Waals surface area contributed by atoms with Crippen molar-refractivity contribution in [1.29, 1.82) is 0 Å². The van der Waals surface area contributed by atoms with Crippen LogP contribution in [-0.2, 0) is 0 Å². The van der Waals surface area contributed by atoms with Crippen LogP contribution in [0.1, 0.15) is 12.0 Å². The largest absolute Gasteiger partial charge is 0.465 e. The summed E-state index contributed by atoms with van der Waals surface area (Å²) in [5.74, 6) is 0.926. The molecule has 0 bridgehead atoms. The summed E-state index contributed by atoms with van der Waals surface area (Å²) in [4.78, 5) is 16.9. The van der Waals surface area contributed by atoms with Gasteiger partial charge in [0.25, 0.3) is 0 Å². The van der Waals surface area contributed by atoms with Gasteiger partial charge < -0.3 is 15.3 Å². The number of hydrogen-bond acceptors (Lipinski definition) is 3. The highest BCUT2D eigenvalue weighted by Gasteiger charge is 2.24. The van der Waals surface area contributed by atoms with Gasteiger partial charge in [-0.15, -0.1) is 0 Å². The fourth-order valence-electron chi connectivity index (χ4n) is 1.95. The first-order valence-corrected chi connectivity index (χ1v) is 5.32. The van der Waals surface area contributed by atoms with Crippen molar-refractivity contribution in [2.45, 2.75) is 19.4 Å². The molecular weight excluding hydrogens is 206 g/mol. The van der Waals surface area contributed by atoms with E-state index in [0.29, 0.717) is 6.54 Å². The molecule has 1 unspecified atom stereocenters. The monoisotopic (exact) mass is 221 g/mol. The Morgan fingerprint density at radius 3 is 3.19 bits per heavy atom. The average Bonchev–Trinajstić information content (AvgIpc) is 2.65. The highest BCUT2D eigenvalue weighted by atomic mass is 16.4. The fraction of sp³-hybridized carbons (Fsp3) is 0.455. The number of hydrogen-bond donors (Lipinski definition) is 2. The predicted molar refractivity (Wildman–Crippen MR) is 60.8 cm³/mol. The van der Waals surface area contributed by atoms with Gasteiger partial charge in [-0.25, -0.2) is 9.78 Å². The molecule has 0 spiro atoms. The number of rotatable bonds is 2. The summed E-state index contributed by atoms with van der Waals surface area (Å²) in [6, 6.07) is 3.98. The van der Waals surface area contributed by atoms with Gasteiger partial charge >= 0.3 is 6.09 Å². The number of aryl methyl sites for hydroxylation is 1. The van der Waals surface area contributed by atoms with Crippen molar-refractivity contribution in [3.63, 3.8) is 0 Å². The van der Waals surface area contributed by atoms with Crippen molar-refractivity contribution in [2.24, 2.45) is 0 Å². The lowest BCUT2D eigenvalue weighted by molar-refractivity contribution is 0.191. The van der Waals surface area contributed by atoms with Crippen LogP contribution in [0.15, 0.2) is 18.3 Å². The van der Waals surface area contributed by atoms with Crippen molar-refractivity contribution >= 4 is 11.9 Å². The Balaban J connectivity index is 2.00. The van der Waals surface area contributed by atoms with Crippen LogP contribution in [0.25, 0.3) is 0 Å². The third-order valence-corrected chi connectivity index (χ3v) is 2.74. The van der Waals surface area contributed by atoms with Crippen molar-refractivity contribution in [3.8, 4) is 0 Å². The number of anilines is 1. The Morgan fingerprint density at radius 2 is 2.50 bits per heavy atom. The van der Waals surface area contributed by atoms with Gasteiger partial charge in [-0.1, -0.05) is 0 Å². The normalized spacial score (nSPS) is 19.8. The van der Waals surface area contributed by atoms with Crippen LogP contribution in [0.3, 0.4) is 0 Å². The molecule has 0 aromatic carbocycles. The molecule has 1 aliphatic rings. The van der Waals surface area contributed by atoms with Crippen LogP contribution in [0, 0.1) is 6.92 Å². The van der Waals surface area contributed by atoms with E-state index in [9.17, 15) is 4.79 Å². The van der Waals surface area contributed by atoms with Crippen LogP contribution in [0.2, 0.25) is 0 Å². The summed E-state index contributed by atoms with van der Waals surface area (Å²) in [6.45, 7) is 3.57. The lowest BCUT2D eigenvalue weighted by Crippen LogP contribution is -2.36. The first-order valence-electron chi connectivity index (χ1n) is 5.32. The number of nitrogens with zero attached hydrogens (tertiary/aromatic N) is 2. The number of carbonyl (C=O) groups is 1. The Bertz CT molecular complexity index is 395. The highest BCUT2D eigenvalue weighted by Crippen LogP contribution is 2.18. The summed E-state index contributed by atoms with van der Waals surface area (Å²) in [6.07, 6.45) is 1.66. The summed E-state index contributed by atoms with van der Waals surface area (Å²) < 4.78 is 0. The number of amides is 1. The van der Waals surface area contributed by atoms with Crippen molar-refractivity contribution in [3.05, 3.63) is 23.9 Å². The molecule has 2 heterocycles. The second-order valence-corrected chi connectivity index (χ2v) is 4.07. The summed E-state index contributed by atoms with van der Waals surface area (Å²) in [7, 11) is 0. The molecule has 2 rings (SSSR count). The fourth-order valence-corrected chi connectivity index (χ4v) is 1.95. The maximum atomic E-state index is 10.5. The molecule has 1 saturated heterocycles. The van der Waals surface area contributed by atoms with Gasteiger partial charge in [-0.05, 0) is 31.0 Å². The van der Waals surface area contributed by atoms with Crippen LogP contribution in [-0.4, -0.2) is 35.3 Å². The maximum Gasteiger partial charge on any atom is 0.404 e. The first kappa shape index (κ1) is 10.7. The van der Waals surface area contributed by atoms with E-state index in [2.05, 4.69) is 15.2 Å². The predicted octanol–water partition coefficient (Wildman–Crippen LogP) is 1.24. The summed E-state index contributed by atoms with van der Waals surface area (Å²) in [5.41, 5.74) is 1.17. The minimum atomic E-state index is -0.955. The SMILES string of the molecule is Cc1ccnc(N2CCC(NC(=O)O)C2)c1. The number of nitrogens with one attached hydrogen (secondary N) is 1. The molecule has 1 fully saturated rings. The second-order valence-electron chi connectivity index (χ2n) is 4.07. The van der Waals surface area contributed by atoms with Gasteiger partial charge in [-0.3, -0.25) is 0 Å².